The van der Waals surface area contributed by atoms with E-state index < -0.39 is 8.40 Å². The van der Waals surface area contributed by atoms with Crippen molar-refractivity contribution in [3.63, 3.8) is 0 Å². The Morgan fingerprint density at radius 3 is 2.39 bits per heavy atom. The molecule has 2 rings (SSSR count). The molecule has 0 atom stereocenters. The van der Waals surface area contributed by atoms with Crippen LogP contribution in [0.2, 0.25) is 0 Å². The van der Waals surface area contributed by atoms with Crippen molar-refractivity contribution in [1.29, 1.82) is 0 Å². The van der Waals surface area contributed by atoms with E-state index in [1.807, 2.05) is 6.26 Å². The van der Waals surface area contributed by atoms with Gasteiger partial charge in [0.25, 0.3) is 0 Å². The second-order valence-corrected chi connectivity index (χ2v) is 7.84. The molecule has 0 unspecified atom stereocenters. The van der Waals surface area contributed by atoms with Gasteiger partial charge in [-0.2, -0.15) is 0 Å². The summed E-state index contributed by atoms with van der Waals surface area (Å²) in [5, 5.41) is 3.04. The molecule has 18 heavy (non-hydrogen) atoms. The molecule has 0 saturated carbocycles. The number of rotatable bonds is 4. The van der Waals surface area contributed by atoms with Crippen LogP contribution in [0.3, 0.4) is 0 Å². The van der Waals surface area contributed by atoms with Gasteiger partial charge in [-0.1, -0.05) is 31.9 Å². The van der Waals surface area contributed by atoms with Crippen molar-refractivity contribution in [1.82, 2.24) is 0 Å². The molecular formula is C16H24OSi. The molecule has 0 aliphatic carbocycles. The maximum absolute atomic E-state index is 6.00. The summed E-state index contributed by atoms with van der Waals surface area (Å²) in [4.78, 5) is 0. The molecule has 0 bridgehead atoms. The highest BCUT2D eigenvalue weighted by Crippen LogP contribution is 2.36. The topological polar surface area (TPSA) is 13.1 Å². The van der Waals surface area contributed by atoms with Crippen molar-refractivity contribution >= 4 is 8.40 Å². The van der Waals surface area contributed by atoms with Crippen LogP contribution in [-0.2, 0) is 12.5 Å². The molecule has 2 heteroatoms. The van der Waals surface area contributed by atoms with Gasteiger partial charge in [0, 0.05) is 5.56 Å². The van der Waals surface area contributed by atoms with E-state index in [4.69, 9.17) is 4.42 Å². The van der Waals surface area contributed by atoms with E-state index in [-0.39, 0.29) is 0 Å². The van der Waals surface area contributed by atoms with E-state index in [2.05, 4.69) is 34.6 Å². The molecule has 0 saturated heterocycles. The average Bonchev–Trinajstić information content (AvgIpc) is 2.61. The van der Waals surface area contributed by atoms with Crippen molar-refractivity contribution in [2.24, 2.45) is 0 Å². The van der Waals surface area contributed by atoms with Crippen LogP contribution in [0.5, 0.6) is 0 Å². The second kappa shape index (κ2) is 5.39. The van der Waals surface area contributed by atoms with Gasteiger partial charge in [-0.25, -0.2) is 0 Å². The van der Waals surface area contributed by atoms with Crippen molar-refractivity contribution < 1.29 is 4.42 Å². The largest absolute Gasteiger partial charge is 0.470 e. The van der Waals surface area contributed by atoms with Gasteiger partial charge in [-0.15, -0.1) is 0 Å². The maximum Gasteiger partial charge on any atom is 0.108 e. The zero-order valence-electron chi connectivity index (χ0n) is 12.3. The van der Waals surface area contributed by atoms with Crippen LogP contribution in [0.4, 0.5) is 0 Å². The van der Waals surface area contributed by atoms with E-state index in [0.29, 0.717) is 0 Å². The first-order chi connectivity index (χ1) is 8.61. The summed E-state index contributed by atoms with van der Waals surface area (Å²) in [6.07, 6.45) is 5.72. The molecule has 0 N–H and O–H groups in total. The third-order valence-electron chi connectivity index (χ3n) is 4.01. The van der Waals surface area contributed by atoms with E-state index in [1.54, 1.807) is 5.17 Å². The minimum Gasteiger partial charge on any atom is -0.470 e. The van der Waals surface area contributed by atoms with Gasteiger partial charge >= 0.3 is 0 Å². The lowest BCUT2D eigenvalue weighted by Crippen LogP contribution is -2.05. The summed E-state index contributed by atoms with van der Waals surface area (Å²) >= 11 is 0. The monoisotopic (exact) mass is 260 g/mol. The van der Waals surface area contributed by atoms with Gasteiger partial charge in [0.15, 0.2) is 0 Å². The molecule has 1 nitrogen and oxygen atoms in total. The van der Waals surface area contributed by atoms with Crippen molar-refractivity contribution in [3.05, 3.63) is 28.1 Å². The quantitative estimate of drug-likeness (QED) is 0.726. The number of fused-ring (bicyclic) bond motifs is 1. The van der Waals surface area contributed by atoms with E-state index in [9.17, 15) is 0 Å². The summed E-state index contributed by atoms with van der Waals surface area (Å²) < 4.78 is 6.00. The maximum atomic E-state index is 6.00. The van der Waals surface area contributed by atoms with Gasteiger partial charge in [0.05, 0.1) is 14.7 Å². The summed E-state index contributed by atoms with van der Waals surface area (Å²) in [7, 11) is -0.595. The summed E-state index contributed by atoms with van der Waals surface area (Å²) in [5.74, 6) is 0. The summed E-state index contributed by atoms with van der Waals surface area (Å²) in [5.41, 5.74) is 5.68. The molecule has 0 amide bonds. The summed E-state index contributed by atoms with van der Waals surface area (Å²) in [6.45, 7) is 11.3. The second-order valence-electron chi connectivity index (χ2n) is 5.33. The molecule has 0 aromatic carbocycles. The number of hydrogen-bond donors (Lipinski definition) is 0. The van der Waals surface area contributed by atoms with Gasteiger partial charge in [0.1, 0.15) is 5.37 Å². The Kier molecular flexibility index (Phi) is 4.06. The molecule has 0 spiro atoms. The molecule has 2 aliphatic rings. The fraction of sp³-hybridized carbons (Fsp3) is 0.562. The Morgan fingerprint density at radius 2 is 1.78 bits per heavy atom. The molecule has 2 aliphatic heterocycles. The Morgan fingerprint density at radius 1 is 1.06 bits per heavy atom. The van der Waals surface area contributed by atoms with Crippen LogP contribution in [-0.4, -0.2) is 8.40 Å². The van der Waals surface area contributed by atoms with Crippen LogP contribution in [0.25, 0.3) is 10.9 Å². The average molecular weight is 260 g/mol. The third kappa shape index (κ3) is 2.07. The number of hydrogen-bond acceptors (Lipinski definition) is 1. The lowest BCUT2D eigenvalue weighted by Gasteiger charge is -2.09. The third-order valence-corrected chi connectivity index (χ3v) is 7.28. The van der Waals surface area contributed by atoms with Crippen LogP contribution in [0.1, 0.15) is 48.6 Å². The zero-order chi connectivity index (χ0) is 13.3. The Balaban J connectivity index is 2.72. The van der Waals surface area contributed by atoms with Crippen LogP contribution >= 0.6 is 0 Å². The molecule has 0 fully saturated rings. The first-order valence-electron chi connectivity index (χ1n) is 7.10. The molecule has 0 aromatic heterocycles. The van der Waals surface area contributed by atoms with Gasteiger partial charge < -0.3 is 4.42 Å². The predicted molar refractivity (Wildman–Crippen MR) is 79.8 cm³/mol. The van der Waals surface area contributed by atoms with E-state index >= 15 is 0 Å². The fourth-order valence-corrected chi connectivity index (χ4v) is 6.26. The van der Waals surface area contributed by atoms with Crippen molar-refractivity contribution in [2.45, 2.75) is 59.9 Å². The number of aryl methyl sites for hydroxylation is 1. The molecule has 2 heterocycles. The fourth-order valence-electron chi connectivity index (χ4n) is 2.95. The standard InChI is InChI=1S/C16H24OSi/c1-6-8-14-13(5)15-12(4)11(3)10-17-16(15)18(14)9-7-2/h10H,6-9H2,1-5H3. The molecule has 0 radical (unpaired) electrons. The first-order valence-corrected chi connectivity index (χ1v) is 8.81. The summed E-state index contributed by atoms with van der Waals surface area (Å²) in [6, 6.07) is 1.32. The van der Waals surface area contributed by atoms with Crippen LogP contribution in [0, 0.1) is 20.8 Å². The SMILES string of the molecule is CCCc1c(C)c2c(C)c(C)coc-2[si]1CCC. The Hall–Kier alpha value is -0.893. The molecular weight excluding hydrogens is 236 g/mol. The lowest BCUT2D eigenvalue weighted by molar-refractivity contribution is 0.567. The van der Waals surface area contributed by atoms with Gasteiger partial charge in [0.2, 0.25) is 0 Å². The minimum atomic E-state index is -0.595. The molecule has 98 valence electrons. The highest BCUT2D eigenvalue weighted by molar-refractivity contribution is 6.61. The van der Waals surface area contributed by atoms with E-state index in [1.165, 1.54) is 52.9 Å². The van der Waals surface area contributed by atoms with Crippen molar-refractivity contribution in [3.8, 4) is 10.9 Å². The van der Waals surface area contributed by atoms with Crippen molar-refractivity contribution in [2.75, 3.05) is 0 Å². The zero-order valence-corrected chi connectivity index (χ0v) is 13.3. The molecule has 0 aromatic rings. The normalized spacial score (nSPS) is 11.4. The Labute approximate surface area is 112 Å². The van der Waals surface area contributed by atoms with E-state index in [0.717, 1.165) is 0 Å². The highest BCUT2D eigenvalue weighted by Gasteiger charge is 2.24. The first kappa shape index (κ1) is 13.5. The Bertz CT molecular complexity index is 525. The smallest absolute Gasteiger partial charge is 0.108 e. The van der Waals surface area contributed by atoms with Gasteiger partial charge in [-0.05, 0) is 49.9 Å². The van der Waals surface area contributed by atoms with Crippen LogP contribution in [0.15, 0.2) is 10.7 Å². The predicted octanol–water partition coefficient (Wildman–Crippen LogP) is 4.70. The van der Waals surface area contributed by atoms with Crippen LogP contribution < -0.4 is 0 Å². The van der Waals surface area contributed by atoms with Gasteiger partial charge in [-0.3, -0.25) is 0 Å². The minimum absolute atomic E-state index is 0.595. The lowest BCUT2D eigenvalue weighted by atomic mass is 10.0. The highest BCUT2D eigenvalue weighted by atomic mass is 28.2.